The van der Waals surface area contributed by atoms with E-state index in [1.165, 1.54) is 11.6 Å². The lowest BCUT2D eigenvalue weighted by Crippen LogP contribution is -1.98. The van der Waals surface area contributed by atoms with Gasteiger partial charge in [0.2, 0.25) is 0 Å². The highest BCUT2D eigenvalue weighted by molar-refractivity contribution is 5.69. The number of hydrogen-bond acceptors (Lipinski definition) is 0. The summed E-state index contributed by atoms with van der Waals surface area (Å²) in [5.74, 6) is 0.593. The summed E-state index contributed by atoms with van der Waals surface area (Å²) in [5.41, 5.74) is 3.90. The number of benzene rings is 2. The van der Waals surface area contributed by atoms with Crippen molar-refractivity contribution in [1.82, 2.24) is 0 Å². The largest absolute Gasteiger partial charge is 0.206 e. The molecule has 0 spiro atoms. The van der Waals surface area contributed by atoms with Crippen LogP contribution >= 0.6 is 0 Å². The zero-order chi connectivity index (χ0) is 14.0. The van der Waals surface area contributed by atoms with Gasteiger partial charge in [0.05, 0.1) is 0 Å². The van der Waals surface area contributed by atoms with E-state index in [-0.39, 0.29) is 5.82 Å². The van der Waals surface area contributed by atoms with Gasteiger partial charge in [-0.2, -0.15) is 0 Å². The fourth-order valence-corrected chi connectivity index (χ4v) is 2.23. The Morgan fingerprint density at radius 1 is 0.842 bits per heavy atom. The first-order chi connectivity index (χ1) is 9.00. The molecule has 0 fully saturated rings. The molecule has 0 amide bonds. The Morgan fingerprint density at radius 2 is 1.53 bits per heavy atom. The molecule has 0 aliphatic carbocycles. The van der Waals surface area contributed by atoms with Crippen LogP contribution in [0.5, 0.6) is 0 Å². The van der Waals surface area contributed by atoms with Crippen molar-refractivity contribution in [3.63, 3.8) is 0 Å². The van der Waals surface area contributed by atoms with Gasteiger partial charge in [0.1, 0.15) is 5.82 Å². The molecule has 0 aromatic heterocycles. The van der Waals surface area contributed by atoms with Crippen LogP contribution in [0.15, 0.2) is 36.4 Å². The predicted molar refractivity (Wildman–Crippen MR) is 78.9 cm³/mol. The third-order valence-corrected chi connectivity index (χ3v) is 3.36. The zero-order valence-corrected chi connectivity index (χ0v) is 12.0. The van der Waals surface area contributed by atoms with E-state index < -0.39 is 0 Å². The van der Waals surface area contributed by atoms with Crippen molar-refractivity contribution in [1.29, 1.82) is 0 Å². The highest BCUT2D eigenvalue weighted by atomic mass is 19.1. The van der Waals surface area contributed by atoms with Gasteiger partial charge in [-0.15, -0.1) is 0 Å². The molecule has 1 heteroatoms. The van der Waals surface area contributed by atoms with Crippen molar-refractivity contribution in [2.24, 2.45) is 0 Å². The molecule has 2 aromatic carbocycles. The normalized spacial score (nSPS) is 11.3. The Bertz CT molecular complexity index is 568. The molecule has 19 heavy (non-hydrogen) atoms. The van der Waals surface area contributed by atoms with Crippen molar-refractivity contribution >= 4 is 0 Å². The maximum atomic E-state index is 14.0. The molecule has 99 valence electrons. The molecule has 0 unspecified atom stereocenters. The first-order valence-corrected chi connectivity index (χ1v) is 6.81. The third-order valence-electron chi connectivity index (χ3n) is 3.36. The van der Waals surface area contributed by atoms with Crippen molar-refractivity contribution < 1.29 is 4.39 Å². The SMILES string of the molecule is CC(C)c1[c]c(C(C)C)c(-c2ccccc2F)cc1. The van der Waals surface area contributed by atoms with E-state index >= 15 is 0 Å². The lowest BCUT2D eigenvalue weighted by molar-refractivity contribution is 0.631. The summed E-state index contributed by atoms with van der Waals surface area (Å²) in [6.45, 7) is 8.55. The summed E-state index contributed by atoms with van der Waals surface area (Å²) in [6, 6.07) is 14.5. The van der Waals surface area contributed by atoms with Gasteiger partial charge in [-0.3, -0.25) is 0 Å². The van der Waals surface area contributed by atoms with Crippen LogP contribution in [0.3, 0.4) is 0 Å². The fraction of sp³-hybridized carbons (Fsp3) is 0.333. The molecular weight excluding hydrogens is 235 g/mol. The fourth-order valence-electron chi connectivity index (χ4n) is 2.23. The molecule has 2 rings (SSSR count). The van der Waals surface area contributed by atoms with Crippen LogP contribution in [0.2, 0.25) is 0 Å². The molecule has 0 saturated carbocycles. The van der Waals surface area contributed by atoms with E-state index in [4.69, 9.17) is 0 Å². The Morgan fingerprint density at radius 3 is 2.11 bits per heavy atom. The highest BCUT2D eigenvalue weighted by Crippen LogP contribution is 2.32. The van der Waals surface area contributed by atoms with E-state index in [2.05, 4.69) is 39.8 Å². The van der Waals surface area contributed by atoms with Crippen LogP contribution in [0, 0.1) is 11.9 Å². The topological polar surface area (TPSA) is 0 Å². The van der Waals surface area contributed by atoms with Gasteiger partial charge in [0.25, 0.3) is 0 Å². The summed E-state index contributed by atoms with van der Waals surface area (Å²) >= 11 is 0. The van der Waals surface area contributed by atoms with Crippen LogP contribution in [0.25, 0.3) is 11.1 Å². The standard InChI is InChI=1S/C18H20F/c1-12(2)14-9-10-15(17(11-14)13(3)4)16-7-5-6-8-18(16)19/h5-10,12-13H,1-4H3. The van der Waals surface area contributed by atoms with E-state index in [9.17, 15) is 4.39 Å². The van der Waals surface area contributed by atoms with E-state index in [1.54, 1.807) is 6.07 Å². The average Bonchev–Trinajstić information content (AvgIpc) is 2.38. The van der Waals surface area contributed by atoms with Gasteiger partial charge in [0.15, 0.2) is 0 Å². The second-order valence-corrected chi connectivity index (χ2v) is 5.53. The van der Waals surface area contributed by atoms with Gasteiger partial charge < -0.3 is 0 Å². The van der Waals surface area contributed by atoms with Crippen LogP contribution in [0.4, 0.5) is 4.39 Å². The first kappa shape index (κ1) is 13.8. The predicted octanol–water partition coefficient (Wildman–Crippen LogP) is 5.54. The second kappa shape index (κ2) is 5.56. The van der Waals surface area contributed by atoms with E-state index in [0.717, 1.165) is 11.1 Å². The summed E-state index contributed by atoms with van der Waals surface area (Å²) < 4.78 is 14.0. The molecule has 2 aromatic rings. The maximum absolute atomic E-state index is 14.0. The summed E-state index contributed by atoms with van der Waals surface area (Å²) in [4.78, 5) is 0. The summed E-state index contributed by atoms with van der Waals surface area (Å²) in [5, 5.41) is 0. The highest BCUT2D eigenvalue weighted by Gasteiger charge is 2.14. The molecule has 0 saturated heterocycles. The maximum Gasteiger partial charge on any atom is 0.131 e. The monoisotopic (exact) mass is 255 g/mol. The minimum absolute atomic E-state index is 0.171. The molecule has 0 aliphatic heterocycles. The Balaban J connectivity index is 2.61. The molecule has 0 aliphatic rings. The van der Waals surface area contributed by atoms with Gasteiger partial charge in [0, 0.05) is 5.56 Å². The number of hydrogen-bond donors (Lipinski definition) is 0. The molecule has 0 atom stereocenters. The lowest BCUT2D eigenvalue weighted by Gasteiger charge is -2.16. The second-order valence-electron chi connectivity index (χ2n) is 5.53. The average molecular weight is 255 g/mol. The molecule has 1 radical (unpaired) electrons. The van der Waals surface area contributed by atoms with E-state index in [0.29, 0.717) is 17.4 Å². The zero-order valence-electron chi connectivity index (χ0n) is 12.0. The van der Waals surface area contributed by atoms with Crippen LogP contribution in [-0.4, -0.2) is 0 Å². The van der Waals surface area contributed by atoms with Crippen LogP contribution in [0.1, 0.15) is 50.7 Å². The molecule has 0 bridgehead atoms. The quantitative estimate of drug-likeness (QED) is 0.675. The minimum atomic E-state index is -0.171. The lowest BCUT2D eigenvalue weighted by atomic mass is 9.88. The third kappa shape index (κ3) is 2.86. The van der Waals surface area contributed by atoms with Gasteiger partial charge in [-0.25, -0.2) is 4.39 Å². The van der Waals surface area contributed by atoms with Crippen LogP contribution < -0.4 is 0 Å². The van der Waals surface area contributed by atoms with Crippen molar-refractivity contribution in [3.8, 4) is 11.1 Å². The molecule has 0 N–H and O–H groups in total. The van der Waals surface area contributed by atoms with Crippen molar-refractivity contribution in [3.05, 3.63) is 59.4 Å². The minimum Gasteiger partial charge on any atom is -0.206 e. The Kier molecular flexibility index (Phi) is 4.04. The van der Waals surface area contributed by atoms with E-state index in [1.807, 2.05) is 18.2 Å². The molecule has 0 heterocycles. The molecule has 0 nitrogen and oxygen atoms in total. The Labute approximate surface area is 115 Å². The Hall–Kier alpha value is -1.63. The summed E-state index contributed by atoms with van der Waals surface area (Å²) in [6.07, 6.45) is 0. The van der Waals surface area contributed by atoms with Crippen molar-refractivity contribution in [2.75, 3.05) is 0 Å². The molecular formula is C18H20F. The van der Waals surface area contributed by atoms with Gasteiger partial charge >= 0.3 is 0 Å². The first-order valence-electron chi connectivity index (χ1n) is 6.81. The smallest absolute Gasteiger partial charge is 0.131 e. The number of rotatable bonds is 3. The van der Waals surface area contributed by atoms with Gasteiger partial charge in [-0.1, -0.05) is 58.0 Å². The number of halogens is 1. The summed E-state index contributed by atoms with van der Waals surface area (Å²) in [7, 11) is 0. The van der Waals surface area contributed by atoms with Gasteiger partial charge in [-0.05, 0) is 40.7 Å². The van der Waals surface area contributed by atoms with Crippen molar-refractivity contribution in [2.45, 2.75) is 39.5 Å². The van der Waals surface area contributed by atoms with Crippen LogP contribution in [-0.2, 0) is 0 Å².